The molecule has 1 saturated heterocycles. The molecule has 37 heavy (non-hydrogen) atoms. The number of rotatable bonds is 8. The first-order valence-electron chi connectivity index (χ1n) is 12.8. The highest BCUT2D eigenvalue weighted by molar-refractivity contribution is 14.2. The van der Waals surface area contributed by atoms with Crippen LogP contribution in [0.25, 0.3) is 10.8 Å². The molecule has 2 aromatic carbocycles. The standard InChI is InChI=1S/C29H40INO5S/c1-19(2)14-15-24-28(3,36-24)26-25(34-4)23(16-17-29(26,33)18-37(5,6)30)35-27(32)31-22-13-9-11-20-10-7-8-12-21(20)22/h7-14,23-26,33H,15-18H2,1-6H3,(H,31,32). The number of halogens is 1. The molecule has 6 unspecified atom stereocenters. The number of carbonyl (C=O) groups is 1. The van der Waals surface area contributed by atoms with Crippen molar-refractivity contribution >= 4 is 51.0 Å². The number of aliphatic hydroxyl groups is 1. The van der Waals surface area contributed by atoms with Crippen molar-refractivity contribution < 1.29 is 24.1 Å². The molecule has 2 fully saturated rings. The SMILES string of the molecule is COC1C(OC(=O)Nc2cccc3ccccc23)CCC(O)(CS(C)(C)I)C1C1(C)OC1CC=C(C)C. The average Bonchev–Trinajstić information content (AvgIpc) is 3.47. The van der Waals surface area contributed by atoms with Crippen molar-refractivity contribution in [1.29, 1.82) is 0 Å². The number of carbonyl (C=O) groups excluding carboxylic acids is 1. The summed E-state index contributed by atoms with van der Waals surface area (Å²) in [6.07, 6.45) is 6.92. The maximum absolute atomic E-state index is 13.1. The molecule has 2 aliphatic rings. The third kappa shape index (κ3) is 6.46. The van der Waals surface area contributed by atoms with Crippen molar-refractivity contribution in [2.24, 2.45) is 5.92 Å². The summed E-state index contributed by atoms with van der Waals surface area (Å²) in [5.41, 5.74) is 0.414. The molecule has 2 aromatic rings. The molecular weight excluding hydrogens is 601 g/mol. The smallest absolute Gasteiger partial charge is 0.412 e. The second-order valence-corrected chi connectivity index (χ2v) is 21.5. The number of allylic oxidation sites excluding steroid dienone is 1. The Balaban J connectivity index is 1.57. The van der Waals surface area contributed by atoms with Crippen LogP contribution in [-0.2, 0) is 14.2 Å². The predicted molar refractivity (Wildman–Crippen MR) is 162 cm³/mol. The van der Waals surface area contributed by atoms with Crippen LogP contribution in [0, 0.1) is 5.92 Å². The maximum Gasteiger partial charge on any atom is 0.412 e. The molecule has 204 valence electrons. The van der Waals surface area contributed by atoms with E-state index in [9.17, 15) is 9.90 Å². The van der Waals surface area contributed by atoms with Gasteiger partial charge in [-0.15, -0.1) is 0 Å². The molecular formula is C29H40INO5S. The monoisotopic (exact) mass is 641 g/mol. The first-order chi connectivity index (χ1) is 17.4. The topological polar surface area (TPSA) is 80.3 Å². The van der Waals surface area contributed by atoms with E-state index in [4.69, 9.17) is 14.2 Å². The summed E-state index contributed by atoms with van der Waals surface area (Å²) in [4.78, 5) is 13.1. The molecule has 0 aromatic heterocycles. The van der Waals surface area contributed by atoms with Crippen molar-refractivity contribution in [3.8, 4) is 0 Å². The van der Waals surface area contributed by atoms with Crippen LogP contribution in [0.2, 0.25) is 0 Å². The zero-order valence-electron chi connectivity index (χ0n) is 22.6. The van der Waals surface area contributed by atoms with Crippen LogP contribution < -0.4 is 5.32 Å². The minimum atomic E-state index is -1.05. The number of methoxy groups -OCH3 is 1. The van der Waals surface area contributed by atoms with E-state index in [0.29, 0.717) is 24.3 Å². The average molecular weight is 642 g/mol. The van der Waals surface area contributed by atoms with E-state index in [1.165, 1.54) is 5.57 Å². The van der Waals surface area contributed by atoms with Crippen molar-refractivity contribution in [2.45, 2.75) is 69.5 Å². The van der Waals surface area contributed by atoms with Crippen molar-refractivity contribution in [3.63, 3.8) is 0 Å². The number of epoxide rings is 1. The summed E-state index contributed by atoms with van der Waals surface area (Å²) in [5, 5.41) is 17.1. The molecule has 6 nitrogen and oxygen atoms in total. The van der Waals surface area contributed by atoms with Crippen LogP contribution in [0.4, 0.5) is 10.5 Å². The summed E-state index contributed by atoms with van der Waals surface area (Å²) in [7, 11) is 0.593. The third-order valence-electron chi connectivity index (χ3n) is 7.62. The Hall–Kier alpha value is -1.33. The lowest BCUT2D eigenvalue weighted by Gasteiger charge is -2.51. The van der Waals surface area contributed by atoms with Gasteiger partial charge in [-0.05, 0) is 85.2 Å². The van der Waals surface area contributed by atoms with Gasteiger partial charge in [0.2, 0.25) is 0 Å². The zero-order chi connectivity index (χ0) is 27.0. The van der Waals surface area contributed by atoms with E-state index < -0.39 is 36.7 Å². The molecule has 1 amide bonds. The van der Waals surface area contributed by atoms with Gasteiger partial charge in [-0.3, -0.25) is 5.32 Å². The van der Waals surface area contributed by atoms with Gasteiger partial charge in [-0.2, -0.15) is 7.20 Å². The fourth-order valence-electron chi connectivity index (χ4n) is 6.04. The lowest BCUT2D eigenvalue weighted by molar-refractivity contribution is -0.169. The summed E-state index contributed by atoms with van der Waals surface area (Å²) >= 11 is 2.48. The predicted octanol–water partition coefficient (Wildman–Crippen LogP) is 6.84. The number of fused-ring (bicyclic) bond motifs is 1. The van der Waals surface area contributed by atoms with Crippen LogP contribution >= 0.6 is 28.4 Å². The molecule has 1 saturated carbocycles. The van der Waals surface area contributed by atoms with Gasteiger partial charge in [0.05, 0.1) is 17.4 Å². The Kier molecular flexibility index (Phi) is 8.55. The maximum atomic E-state index is 13.1. The number of anilines is 1. The number of benzene rings is 2. The molecule has 0 spiro atoms. The Labute approximate surface area is 234 Å². The molecule has 2 N–H and O–H groups in total. The first-order valence-corrected chi connectivity index (χ1v) is 17.9. The van der Waals surface area contributed by atoms with Gasteiger partial charge in [0.1, 0.15) is 17.8 Å². The number of amides is 1. The van der Waals surface area contributed by atoms with Crippen LogP contribution in [0.3, 0.4) is 0 Å². The Morgan fingerprint density at radius 3 is 2.62 bits per heavy atom. The Morgan fingerprint density at radius 1 is 1.24 bits per heavy atom. The second kappa shape index (κ2) is 11.0. The third-order valence-corrected chi connectivity index (χ3v) is 9.74. The lowest BCUT2D eigenvalue weighted by atomic mass is 9.66. The first kappa shape index (κ1) is 28.7. The Bertz CT molecular complexity index is 1160. The van der Waals surface area contributed by atoms with Crippen molar-refractivity contribution in [3.05, 3.63) is 54.1 Å². The summed E-state index contributed by atoms with van der Waals surface area (Å²) < 4.78 is 18.3. The lowest BCUT2D eigenvalue weighted by Crippen LogP contribution is -2.62. The van der Waals surface area contributed by atoms with Crippen LogP contribution in [0.5, 0.6) is 0 Å². The number of nitrogens with one attached hydrogen (secondary N) is 1. The molecule has 1 heterocycles. The number of hydrogen-bond acceptors (Lipinski definition) is 5. The van der Waals surface area contributed by atoms with E-state index in [0.717, 1.165) is 17.2 Å². The van der Waals surface area contributed by atoms with Crippen LogP contribution in [-0.4, -0.2) is 66.1 Å². The van der Waals surface area contributed by atoms with Crippen molar-refractivity contribution in [2.75, 3.05) is 30.7 Å². The highest BCUT2D eigenvalue weighted by Crippen LogP contribution is 2.60. The highest BCUT2D eigenvalue weighted by Gasteiger charge is 2.68. The van der Waals surface area contributed by atoms with Crippen LogP contribution in [0.1, 0.15) is 40.0 Å². The van der Waals surface area contributed by atoms with Gasteiger partial charge in [-0.1, -0.05) is 48.0 Å². The van der Waals surface area contributed by atoms with Gasteiger partial charge < -0.3 is 19.3 Å². The van der Waals surface area contributed by atoms with Crippen molar-refractivity contribution in [1.82, 2.24) is 0 Å². The minimum absolute atomic E-state index is 0.00726. The fraction of sp³-hybridized carbons (Fsp3) is 0.552. The summed E-state index contributed by atoms with van der Waals surface area (Å²) in [5.74, 6) is 0.347. The minimum Gasteiger partial charge on any atom is -0.443 e. The quantitative estimate of drug-likeness (QED) is 0.188. The molecule has 4 rings (SSSR count). The summed E-state index contributed by atoms with van der Waals surface area (Å²) in [6, 6.07) is 13.7. The zero-order valence-corrected chi connectivity index (χ0v) is 25.6. The molecule has 6 atom stereocenters. The molecule has 0 bridgehead atoms. The van der Waals surface area contributed by atoms with Gasteiger partial charge in [0.15, 0.2) is 0 Å². The van der Waals surface area contributed by atoms with E-state index in [1.54, 1.807) is 7.11 Å². The van der Waals surface area contributed by atoms with E-state index in [2.05, 4.69) is 65.9 Å². The molecule has 0 radical (unpaired) electrons. The summed E-state index contributed by atoms with van der Waals surface area (Å²) in [6.45, 7) is 6.23. The van der Waals surface area contributed by atoms with Gasteiger partial charge in [0, 0.05) is 24.2 Å². The van der Waals surface area contributed by atoms with E-state index in [-0.39, 0.29) is 12.0 Å². The fourth-order valence-corrected chi connectivity index (χ4v) is 9.17. The largest absolute Gasteiger partial charge is 0.443 e. The number of hydrogen-bond donors (Lipinski definition) is 2. The molecule has 8 heteroatoms. The van der Waals surface area contributed by atoms with E-state index >= 15 is 0 Å². The van der Waals surface area contributed by atoms with Gasteiger partial charge >= 0.3 is 6.09 Å². The Morgan fingerprint density at radius 2 is 1.95 bits per heavy atom. The van der Waals surface area contributed by atoms with Crippen LogP contribution in [0.15, 0.2) is 54.1 Å². The highest BCUT2D eigenvalue weighted by atomic mass is 127. The van der Waals surface area contributed by atoms with Gasteiger partial charge in [0.25, 0.3) is 0 Å². The molecule has 1 aliphatic carbocycles. The second-order valence-electron chi connectivity index (χ2n) is 11.3. The van der Waals surface area contributed by atoms with Gasteiger partial charge in [-0.25, -0.2) is 4.79 Å². The van der Waals surface area contributed by atoms with E-state index in [1.807, 2.05) is 42.5 Å². The number of ether oxygens (including phenoxy) is 3. The normalized spacial score (nSPS) is 32.0. The molecule has 1 aliphatic heterocycles.